The average Bonchev–Trinajstić information content (AvgIpc) is 3.23. The van der Waals surface area contributed by atoms with Crippen molar-refractivity contribution in [2.45, 2.75) is 13.3 Å². The molecule has 0 aliphatic heterocycles. The van der Waals surface area contributed by atoms with E-state index in [1.807, 2.05) is 55.6 Å². The molecule has 162 valence electrons. The summed E-state index contributed by atoms with van der Waals surface area (Å²) in [5.74, 6) is 0.913. The van der Waals surface area contributed by atoms with E-state index in [0.717, 1.165) is 23.4 Å². The first-order chi connectivity index (χ1) is 15.7. The van der Waals surface area contributed by atoms with Crippen LogP contribution < -0.4 is 15.4 Å². The number of fused-ring (bicyclic) bond motifs is 1. The predicted octanol–water partition coefficient (Wildman–Crippen LogP) is 5.01. The van der Waals surface area contributed by atoms with Crippen molar-refractivity contribution in [3.63, 3.8) is 0 Å². The molecule has 0 saturated heterocycles. The zero-order chi connectivity index (χ0) is 22.2. The van der Waals surface area contributed by atoms with Crippen LogP contribution in [0.1, 0.15) is 22.8 Å². The van der Waals surface area contributed by atoms with Gasteiger partial charge in [0.25, 0.3) is 5.91 Å². The maximum Gasteiger partial charge on any atom is 0.257 e. The Bertz CT molecular complexity index is 1200. The van der Waals surface area contributed by atoms with E-state index in [9.17, 15) is 4.79 Å². The zero-order valence-electron chi connectivity index (χ0n) is 18.0. The second kappa shape index (κ2) is 10.3. The van der Waals surface area contributed by atoms with Crippen LogP contribution in [0.4, 0.5) is 5.69 Å². The number of H-pyrrole nitrogens is 1. The van der Waals surface area contributed by atoms with Gasteiger partial charge in [0.1, 0.15) is 5.75 Å². The lowest BCUT2D eigenvalue weighted by Crippen LogP contribution is -2.36. The second-order valence-electron chi connectivity index (χ2n) is 7.24. The molecule has 0 aliphatic rings. The van der Waals surface area contributed by atoms with Crippen molar-refractivity contribution in [2.75, 3.05) is 18.5 Å². The molecule has 1 amide bonds. The number of para-hydroxylation sites is 2. The Balaban J connectivity index is 1.48. The first-order valence-electron chi connectivity index (χ1n) is 10.7. The van der Waals surface area contributed by atoms with Gasteiger partial charge in [0.05, 0.1) is 6.61 Å². The Labute approximate surface area is 187 Å². The summed E-state index contributed by atoms with van der Waals surface area (Å²) in [6, 6.07) is 24.9. The third-order valence-corrected chi connectivity index (χ3v) is 5.02. The number of carbonyl (C=O) groups is 1. The number of nitrogens with one attached hydrogen (secondary N) is 3. The van der Waals surface area contributed by atoms with Crippen molar-refractivity contribution in [3.05, 3.63) is 96.2 Å². The van der Waals surface area contributed by atoms with Gasteiger partial charge in [0.2, 0.25) is 5.96 Å². The zero-order valence-corrected chi connectivity index (χ0v) is 18.0. The summed E-state index contributed by atoms with van der Waals surface area (Å²) in [4.78, 5) is 20.7. The predicted molar refractivity (Wildman–Crippen MR) is 129 cm³/mol. The van der Waals surface area contributed by atoms with Crippen molar-refractivity contribution >= 4 is 28.5 Å². The van der Waals surface area contributed by atoms with E-state index in [4.69, 9.17) is 4.74 Å². The maximum atomic E-state index is 12.8. The van der Waals surface area contributed by atoms with E-state index in [0.29, 0.717) is 24.7 Å². The third-order valence-electron chi connectivity index (χ3n) is 5.02. The van der Waals surface area contributed by atoms with Gasteiger partial charge in [-0.3, -0.25) is 15.1 Å². The Morgan fingerprint density at radius 1 is 0.969 bits per heavy atom. The van der Waals surface area contributed by atoms with Gasteiger partial charge >= 0.3 is 0 Å². The quantitative estimate of drug-likeness (QED) is 0.287. The first-order valence-corrected chi connectivity index (χ1v) is 10.7. The minimum absolute atomic E-state index is 0.234. The van der Waals surface area contributed by atoms with Crippen LogP contribution in [0.2, 0.25) is 0 Å². The number of guanidine groups is 1. The number of aliphatic imine (C=N–C) groups is 1. The van der Waals surface area contributed by atoms with Gasteiger partial charge in [0.15, 0.2) is 0 Å². The number of benzene rings is 3. The lowest BCUT2D eigenvalue weighted by atomic mass is 10.1. The lowest BCUT2D eigenvalue weighted by molar-refractivity contribution is 0.0977. The van der Waals surface area contributed by atoms with Crippen molar-refractivity contribution in [3.8, 4) is 5.75 Å². The van der Waals surface area contributed by atoms with Crippen molar-refractivity contribution < 1.29 is 9.53 Å². The standard InChI is InChI=1S/C26H26N4O2/c1-2-32-22-14-12-19(13-15-22)25(31)30-26(29-21-8-4-3-5-9-21)27-17-16-20-18-28-24-11-7-6-10-23(20)24/h3-15,18,28H,2,16-17H2,1H3,(H2,27,29,30,31). The van der Waals surface area contributed by atoms with E-state index < -0.39 is 0 Å². The number of anilines is 1. The number of aromatic nitrogens is 1. The van der Waals surface area contributed by atoms with E-state index in [-0.39, 0.29) is 5.91 Å². The lowest BCUT2D eigenvalue weighted by Gasteiger charge is -2.12. The highest BCUT2D eigenvalue weighted by molar-refractivity contribution is 6.10. The average molecular weight is 427 g/mol. The van der Waals surface area contributed by atoms with Gasteiger partial charge in [-0.25, -0.2) is 0 Å². The highest BCUT2D eigenvalue weighted by Crippen LogP contribution is 2.18. The summed E-state index contributed by atoms with van der Waals surface area (Å²) in [7, 11) is 0. The summed E-state index contributed by atoms with van der Waals surface area (Å²) < 4.78 is 5.45. The van der Waals surface area contributed by atoms with Crippen LogP contribution in [-0.2, 0) is 6.42 Å². The Morgan fingerprint density at radius 2 is 1.72 bits per heavy atom. The molecule has 0 aliphatic carbocycles. The molecule has 1 heterocycles. The van der Waals surface area contributed by atoms with Crippen LogP contribution in [-0.4, -0.2) is 30.0 Å². The second-order valence-corrected chi connectivity index (χ2v) is 7.24. The molecule has 0 saturated carbocycles. The molecule has 0 radical (unpaired) electrons. The van der Waals surface area contributed by atoms with Crippen LogP contribution in [0.3, 0.4) is 0 Å². The molecule has 0 unspecified atom stereocenters. The van der Waals surface area contributed by atoms with Crippen LogP contribution in [0.25, 0.3) is 10.9 Å². The molecule has 0 bridgehead atoms. The van der Waals surface area contributed by atoms with Gasteiger partial charge < -0.3 is 15.0 Å². The highest BCUT2D eigenvalue weighted by atomic mass is 16.5. The first kappa shape index (κ1) is 21.2. The summed E-state index contributed by atoms with van der Waals surface area (Å²) >= 11 is 0. The van der Waals surface area contributed by atoms with E-state index in [2.05, 4.69) is 32.7 Å². The van der Waals surface area contributed by atoms with Crippen molar-refractivity contribution in [1.82, 2.24) is 10.3 Å². The van der Waals surface area contributed by atoms with Gasteiger partial charge in [-0.15, -0.1) is 0 Å². The van der Waals surface area contributed by atoms with E-state index in [1.165, 1.54) is 10.9 Å². The molecule has 6 heteroatoms. The molecule has 0 atom stereocenters. The number of nitrogens with zero attached hydrogens (tertiary/aromatic N) is 1. The fourth-order valence-electron chi connectivity index (χ4n) is 3.44. The Kier molecular flexibility index (Phi) is 6.82. The Morgan fingerprint density at radius 3 is 2.50 bits per heavy atom. The van der Waals surface area contributed by atoms with Crippen molar-refractivity contribution in [1.29, 1.82) is 0 Å². The normalized spacial score (nSPS) is 11.3. The molecule has 32 heavy (non-hydrogen) atoms. The van der Waals surface area contributed by atoms with E-state index in [1.54, 1.807) is 24.3 Å². The number of aromatic amines is 1. The van der Waals surface area contributed by atoms with E-state index >= 15 is 0 Å². The molecule has 3 aromatic carbocycles. The molecule has 4 aromatic rings. The number of amides is 1. The van der Waals surface area contributed by atoms with Gasteiger partial charge in [-0.2, -0.15) is 0 Å². The number of hydrogen-bond acceptors (Lipinski definition) is 3. The number of ether oxygens (including phenoxy) is 1. The number of rotatable bonds is 7. The fraction of sp³-hybridized carbons (Fsp3) is 0.154. The number of carbonyl (C=O) groups excluding carboxylic acids is 1. The SMILES string of the molecule is CCOc1ccc(C(=O)NC(=NCCc2c[nH]c3ccccc23)Nc2ccccc2)cc1. The summed E-state index contributed by atoms with van der Waals surface area (Å²) in [5.41, 5.74) is 3.69. The molecule has 3 N–H and O–H groups in total. The number of hydrogen-bond donors (Lipinski definition) is 3. The minimum Gasteiger partial charge on any atom is -0.494 e. The van der Waals surface area contributed by atoms with Gasteiger partial charge in [-0.05, 0) is 61.4 Å². The Hall–Kier alpha value is -4.06. The van der Waals surface area contributed by atoms with Crippen LogP contribution in [0.5, 0.6) is 5.75 Å². The molecular formula is C26H26N4O2. The molecular weight excluding hydrogens is 400 g/mol. The van der Waals surface area contributed by atoms with Crippen LogP contribution >= 0.6 is 0 Å². The molecule has 0 fully saturated rings. The fourth-order valence-corrected chi connectivity index (χ4v) is 3.44. The monoisotopic (exact) mass is 426 g/mol. The van der Waals surface area contributed by atoms with Crippen molar-refractivity contribution in [2.24, 2.45) is 4.99 Å². The smallest absolute Gasteiger partial charge is 0.257 e. The summed E-state index contributed by atoms with van der Waals surface area (Å²) in [6.45, 7) is 3.04. The maximum absolute atomic E-state index is 12.8. The molecule has 0 spiro atoms. The molecule has 6 nitrogen and oxygen atoms in total. The van der Waals surface area contributed by atoms with Crippen LogP contribution in [0, 0.1) is 0 Å². The van der Waals surface area contributed by atoms with Gasteiger partial charge in [-0.1, -0.05) is 36.4 Å². The highest BCUT2D eigenvalue weighted by Gasteiger charge is 2.10. The van der Waals surface area contributed by atoms with Gasteiger partial charge in [0, 0.05) is 34.9 Å². The minimum atomic E-state index is -0.234. The third kappa shape index (κ3) is 5.35. The topological polar surface area (TPSA) is 78.5 Å². The summed E-state index contributed by atoms with van der Waals surface area (Å²) in [5, 5.41) is 7.31. The largest absolute Gasteiger partial charge is 0.494 e. The molecule has 1 aromatic heterocycles. The van der Waals surface area contributed by atoms with Crippen LogP contribution in [0.15, 0.2) is 90.1 Å². The molecule has 4 rings (SSSR count). The summed E-state index contributed by atoms with van der Waals surface area (Å²) in [6.07, 6.45) is 2.77.